The molecule has 1 spiro atoms. The summed E-state index contributed by atoms with van der Waals surface area (Å²) in [5.41, 5.74) is 5.61. The van der Waals surface area contributed by atoms with Crippen molar-refractivity contribution in [1.82, 2.24) is 83.6 Å². The third-order valence-electron chi connectivity index (χ3n) is 32.6. The number of nitrogens with zero attached hydrogens (tertiary/aromatic N) is 19. The largest absolute Gasteiger partial charge is 0.353 e. The second kappa shape index (κ2) is 59.6. The van der Waals surface area contributed by atoms with Gasteiger partial charge in [0.1, 0.15) is 11.6 Å². The van der Waals surface area contributed by atoms with Gasteiger partial charge in [-0.3, -0.25) is 68.6 Å². The van der Waals surface area contributed by atoms with Gasteiger partial charge in [0.05, 0.1) is 12.7 Å². The quantitative estimate of drug-likeness (QED) is 0.284. The molecular formula is C121H241N19O. The van der Waals surface area contributed by atoms with Gasteiger partial charge in [0.25, 0.3) is 0 Å². The van der Waals surface area contributed by atoms with Crippen LogP contribution in [0.2, 0.25) is 0 Å². The van der Waals surface area contributed by atoms with Gasteiger partial charge >= 0.3 is 0 Å². The molecule has 20 heteroatoms. The summed E-state index contributed by atoms with van der Waals surface area (Å²) in [5.74, 6) is 4.11. The predicted octanol–water partition coefficient (Wildman–Crippen LogP) is 25.4. The van der Waals surface area contributed by atoms with Crippen LogP contribution < -0.4 is 9.80 Å². The Labute approximate surface area is 877 Å². The summed E-state index contributed by atoms with van der Waals surface area (Å²) < 4.78 is 0. The normalized spacial score (nSPS) is 23.4. The third kappa shape index (κ3) is 53.0. The molecule has 15 rings (SSSR count). The summed E-state index contributed by atoms with van der Waals surface area (Å²) in [5, 5.41) is 0. The summed E-state index contributed by atoms with van der Waals surface area (Å²) in [6.45, 7) is 128. The van der Waals surface area contributed by atoms with Gasteiger partial charge in [-0.05, 0) is 512 Å². The van der Waals surface area contributed by atoms with Crippen LogP contribution >= 0.6 is 0 Å². The first kappa shape index (κ1) is 130. The van der Waals surface area contributed by atoms with E-state index in [4.69, 9.17) is 0 Å². The number of ketones is 1. The van der Waals surface area contributed by atoms with Crippen molar-refractivity contribution in [3.63, 3.8) is 0 Å². The molecule has 0 aromatic carbocycles. The molecular weight excluding hydrogens is 1740 g/mol. The van der Waals surface area contributed by atoms with E-state index in [2.05, 4.69) is 377 Å². The number of carbonyl (C=O) groups is 1. The molecule has 2 aromatic heterocycles. The molecule has 0 amide bonds. The fourth-order valence-electron chi connectivity index (χ4n) is 21.3. The van der Waals surface area contributed by atoms with Crippen molar-refractivity contribution >= 4 is 17.5 Å². The predicted molar refractivity (Wildman–Crippen MR) is 617 cm³/mol. The van der Waals surface area contributed by atoms with E-state index in [0.717, 1.165) is 101 Å². The standard InChI is InChI=1S/2C12H20N4.C12H23N.C11H23N.2C10H21N.C9H20N2.C9H17NO.4C9H19N/c1-12(2,3)16-8-6-15(7-9-16)11-10-13-4-5-14-11;1-12(2,3)16-9-7-15(8-10-16)11-13-5-4-6-14-11;1-11(2,3)13-9-7-12(8-10-13)5-4-6-12;1-10(2,3)12-8-6-11(4,5)7-9-12;1-9-5-7-11(8-6-9)10(2,3)4;1-9-6-5-7-11(8-9)10(2,3)4;1-9(2,3)11-7-5-10(4)6-8-11;1-9(2,3)10-6-4-5-8(11)7-10;4*1-9(2,3)10-7-5-4-6-8-10/h4-5,10H,6-9H2,1-3H3;4-6H,7-10H2,1-3H3;4-10H2,1-3H3;6-9H2,1-5H3;2*9H,5-8H2,1-4H3;5-8H2,1-4H3;4-7H2,1-3H3;4*4-8H2,1-3H3. The van der Waals surface area contributed by atoms with Crippen LogP contribution in [0.3, 0.4) is 0 Å². The summed E-state index contributed by atoms with van der Waals surface area (Å²) in [4.78, 5) is 65.6. The minimum atomic E-state index is 0.163. The van der Waals surface area contributed by atoms with E-state index >= 15 is 0 Å². The van der Waals surface area contributed by atoms with Crippen LogP contribution in [0.5, 0.6) is 0 Å². The molecule has 0 N–H and O–H groups in total. The Morgan fingerprint density at radius 1 is 0.262 bits per heavy atom. The van der Waals surface area contributed by atoms with Gasteiger partial charge in [-0.25, -0.2) is 15.0 Å². The van der Waals surface area contributed by atoms with E-state index in [1.807, 2.05) is 12.3 Å². The molecule has 1 unspecified atom stereocenters. The average molecular weight is 1980 g/mol. The molecule has 1 atom stereocenters. The number of likely N-dealkylation sites (tertiary alicyclic amines) is 9. The zero-order chi connectivity index (χ0) is 107. The highest BCUT2D eigenvalue weighted by molar-refractivity contribution is 5.81. The van der Waals surface area contributed by atoms with Crippen LogP contribution in [0, 0.1) is 22.7 Å². The zero-order valence-corrected chi connectivity index (χ0v) is 102. The van der Waals surface area contributed by atoms with Gasteiger partial charge in [-0.1, -0.05) is 59.8 Å². The molecule has 12 aliphatic heterocycles. The van der Waals surface area contributed by atoms with Gasteiger partial charge in [0.2, 0.25) is 5.95 Å². The number of rotatable bonds is 2. The number of likely N-dealkylation sites (N-methyl/N-ethyl adjacent to an activating group) is 1. The maximum absolute atomic E-state index is 11.1. The Kier molecular flexibility index (Phi) is 55.1. The van der Waals surface area contributed by atoms with Gasteiger partial charge in [0.15, 0.2) is 0 Å². The van der Waals surface area contributed by atoms with Crippen molar-refractivity contribution in [1.29, 1.82) is 0 Å². The molecule has 1 saturated carbocycles. The van der Waals surface area contributed by atoms with E-state index in [-0.39, 0.29) is 16.6 Å². The molecule has 13 aliphatic rings. The SMILES string of the molecule is CC(C)(C)N1CCC2(CCC2)CC1.CC(C)(C)N1CCCC(=O)C1.CC(C)(C)N1CCCCC1.CC(C)(C)N1CCCCC1.CC(C)(C)N1CCCCC1.CC(C)(C)N1CCCCC1.CC(C)(C)N1CCN(c2cnccn2)CC1.CC(C)(C)N1CCN(c2ncccn2)CC1.CC1(C)CCN(C(C)(C)C)CC1.CC1CCCN(C(C)(C)C)C1.CC1CCN(C(C)(C)C)CC1.CN1CCN(C(C)(C)C)CC1. The van der Waals surface area contributed by atoms with E-state index in [9.17, 15) is 4.79 Å². The molecule has 12 saturated heterocycles. The lowest BCUT2D eigenvalue weighted by Crippen LogP contribution is -2.53. The van der Waals surface area contributed by atoms with E-state index in [0.29, 0.717) is 67.6 Å². The molecule has 2 aromatic rings. The van der Waals surface area contributed by atoms with Crippen molar-refractivity contribution in [3.8, 4) is 0 Å². The second-order valence-corrected chi connectivity index (χ2v) is 57.5. The van der Waals surface area contributed by atoms with Crippen LogP contribution in [-0.4, -0.2) is 359 Å². The number of hydrogen-bond donors (Lipinski definition) is 0. The zero-order valence-electron chi connectivity index (χ0n) is 102. The minimum absolute atomic E-state index is 0.163. The first-order valence-electron chi connectivity index (χ1n) is 58.1. The number of aromatic nitrogens is 4. The lowest BCUT2D eigenvalue weighted by molar-refractivity contribution is -0.123. The van der Waals surface area contributed by atoms with Gasteiger partial charge in [-0.15, -0.1) is 0 Å². The number of piperidine rings is 9. The number of Topliss-reactive ketones (excluding diaryl/α,β-unsaturated/α-hetero) is 1. The minimum Gasteiger partial charge on any atom is -0.353 e. The lowest BCUT2D eigenvalue weighted by Gasteiger charge is -2.51. The number of piperazine rings is 3. The second-order valence-electron chi connectivity index (χ2n) is 57.5. The van der Waals surface area contributed by atoms with Gasteiger partial charge in [-0.2, -0.15) is 0 Å². The Hall–Kier alpha value is -3.09. The maximum atomic E-state index is 11.1. The Morgan fingerprint density at radius 3 is 0.830 bits per heavy atom. The number of carbonyl (C=O) groups excluding carboxylic acids is 1. The van der Waals surface area contributed by atoms with Crippen molar-refractivity contribution < 1.29 is 4.79 Å². The smallest absolute Gasteiger partial charge is 0.225 e. The molecule has 826 valence electrons. The van der Waals surface area contributed by atoms with Crippen LogP contribution in [0.25, 0.3) is 0 Å². The molecule has 20 nitrogen and oxygen atoms in total. The topological polar surface area (TPSA) is 117 Å². The molecule has 141 heavy (non-hydrogen) atoms. The fraction of sp³-hybridized carbons (Fsp3) is 0.926. The summed E-state index contributed by atoms with van der Waals surface area (Å²) >= 11 is 0. The number of anilines is 2. The van der Waals surface area contributed by atoms with Gasteiger partial charge in [0, 0.05) is 183 Å². The highest BCUT2D eigenvalue weighted by Crippen LogP contribution is 2.50. The van der Waals surface area contributed by atoms with E-state index in [1.54, 1.807) is 24.8 Å². The first-order chi connectivity index (χ1) is 64.9. The van der Waals surface area contributed by atoms with E-state index < -0.39 is 0 Å². The van der Waals surface area contributed by atoms with Gasteiger partial charge < -0.3 is 14.7 Å². The average Bonchev–Trinajstić information content (AvgIpc) is 0.786. The highest BCUT2D eigenvalue weighted by Gasteiger charge is 2.42. The van der Waals surface area contributed by atoms with Crippen LogP contribution in [0.1, 0.15) is 437 Å². The lowest BCUT2D eigenvalue weighted by atomic mass is 9.63. The van der Waals surface area contributed by atoms with Crippen molar-refractivity contribution in [2.75, 3.05) is 213 Å². The summed E-state index contributed by atoms with van der Waals surface area (Å²) in [6, 6.07) is 1.86. The Balaban J connectivity index is 0.000000322. The molecule has 0 bridgehead atoms. The molecule has 0 radical (unpaired) electrons. The highest BCUT2D eigenvalue weighted by atomic mass is 16.1. The maximum Gasteiger partial charge on any atom is 0.225 e. The fourth-order valence-corrected chi connectivity index (χ4v) is 21.3. The van der Waals surface area contributed by atoms with Crippen molar-refractivity contribution in [2.45, 2.75) is 504 Å². The van der Waals surface area contributed by atoms with Crippen molar-refractivity contribution in [3.05, 3.63) is 37.1 Å². The first-order valence-corrected chi connectivity index (χ1v) is 58.1. The molecule has 1 aliphatic carbocycles. The Bertz CT molecular complexity index is 3290. The van der Waals surface area contributed by atoms with Crippen molar-refractivity contribution in [2.24, 2.45) is 22.7 Å². The summed E-state index contributed by atoms with van der Waals surface area (Å²) in [7, 11) is 2.19. The number of hydrogen-bond acceptors (Lipinski definition) is 20. The van der Waals surface area contributed by atoms with Crippen LogP contribution in [0.4, 0.5) is 11.8 Å². The molecule has 13 fully saturated rings. The van der Waals surface area contributed by atoms with Crippen LogP contribution in [0.15, 0.2) is 37.1 Å². The monoisotopic (exact) mass is 1980 g/mol. The summed E-state index contributed by atoms with van der Waals surface area (Å²) in [6.07, 6.45) is 43.4. The van der Waals surface area contributed by atoms with E-state index in [1.165, 1.54) is 279 Å². The Morgan fingerprint density at radius 2 is 0.553 bits per heavy atom. The molecule has 14 heterocycles. The third-order valence-corrected chi connectivity index (χ3v) is 32.6. The van der Waals surface area contributed by atoms with Crippen LogP contribution in [-0.2, 0) is 4.79 Å².